The SMILES string of the molecule is CC(NC(=O)c1ccccc1NCc1c(O)ccc2ccccc12)c1ccccc1. The van der Waals surface area contributed by atoms with E-state index in [1.807, 2.05) is 85.8 Å². The third kappa shape index (κ3) is 4.13. The van der Waals surface area contributed by atoms with Crippen LogP contribution in [0, 0.1) is 0 Å². The Morgan fingerprint density at radius 3 is 2.40 bits per heavy atom. The summed E-state index contributed by atoms with van der Waals surface area (Å²) in [6.07, 6.45) is 0. The number of rotatable bonds is 6. The number of para-hydroxylation sites is 1. The van der Waals surface area contributed by atoms with Crippen molar-refractivity contribution in [2.24, 2.45) is 0 Å². The fourth-order valence-electron chi connectivity index (χ4n) is 3.63. The van der Waals surface area contributed by atoms with E-state index in [0.29, 0.717) is 12.1 Å². The maximum absolute atomic E-state index is 12.9. The first-order valence-electron chi connectivity index (χ1n) is 10.0. The number of phenols is 1. The molecule has 1 unspecified atom stereocenters. The minimum Gasteiger partial charge on any atom is -0.508 e. The van der Waals surface area contributed by atoms with Crippen LogP contribution in [0.15, 0.2) is 91.0 Å². The second-order valence-corrected chi connectivity index (χ2v) is 7.29. The van der Waals surface area contributed by atoms with Gasteiger partial charge in [0.05, 0.1) is 11.6 Å². The molecule has 0 radical (unpaired) electrons. The molecule has 1 amide bonds. The Kier molecular flexibility index (Phi) is 5.66. The number of fused-ring (bicyclic) bond motifs is 1. The summed E-state index contributed by atoms with van der Waals surface area (Å²) in [5.41, 5.74) is 3.15. The van der Waals surface area contributed by atoms with E-state index in [-0.39, 0.29) is 17.7 Å². The van der Waals surface area contributed by atoms with Crippen LogP contribution in [0.4, 0.5) is 5.69 Å². The van der Waals surface area contributed by atoms with Gasteiger partial charge in [-0.05, 0) is 41.5 Å². The highest BCUT2D eigenvalue weighted by Crippen LogP contribution is 2.28. The molecule has 0 spiro atoms. The number of amides is 1. The fraction of sp³-hybridized carbons (Fsp3) is 0.115. The van der Waals surface area contributed by atoms with Crippen molar-refractivity contribution in [1.82, 2.24) is 5.32 Å². The zero-order valence-electron chi connectivity index (χ0n) is 16.8. The summed E-state index contributed by atoms with van der Waals surface area (Å²) in [4.78, 5) is 12.9. The van der Waals surface area contributed by atoms with Crippen LogP contribution >= 0.6 is 0 Å². The Hall–Kier alpha value is -3.79. The summed E-state index contributed by atoms with van der Waals surface area (Å²) in [7, 11) is 0. The molecular formula is C26H24N2O2. The van der Waals surface area contributed by atoms with Crippen molar-refractivity contribution in [3.63, 3.8) is 0 Å². The lowest BCUT2D eigenvalue weighted by atomic mass is 10.0. The van der Waals surface area contributed by atoms with Crippen molar-refractivity contribution in [3.05, 3.63) is 108 Å². The summed E-state index contributed by atoms with van der Waals surface area (Å²) in [6.45, 7) is 2.38. The van der Waals surface area contributed by atoms with E-state index in [4.69, 9.17) is 0 Å². The van der Waals surface area contributed by atoms with Gasteiger partial charge in [0.1, 0.15) is 5.75 Å². The molecule has 0 aromatic heterocycles. The monoisotopic (exact) mass is 396 g/mol. The van der Waals surface area contributed by atoms with E-state index >= 15 is 0 Å². The molecule has 0 heterocycles. The number of benzene rings is 4. The molecule has 4 aromatic carbocycles. The van der Waals surface area contributed by atoms with Gasteiger partial charge in [-0.1, -0.05) is 72.8 Å². The van der Waals surface area contributed by atoms with E-state index < -0.39 is 0 Å². The fourth-order valence-corrected chi connectivity index (χ4v) is 3.63. The average Bonchev–Trinajstić information content (AvgIpc) is 2.79. The van der Waals surface area contributed by atoms with Gasteiger partial charge in [0, 0.05) is 17.8 Å². The van der Waals surface area contributed by atoms with Crippen molar-refractivity contribution >= 4 is 22.4 Å². The number of anilines is 1. The van der Waals surface area contributed by atoms with E-state index in [1.165, 1.54) is 0 Å². The molecule has 0 aliphatic carbocycles. The Morgan fingerprint density at radius 1 is 0.867 bits per heavy atom. The van der Waals surface area contributed by atoms with Crippen molar-refractivity contribution in [3.8, 4) is 5.75 Å². The Labute approximate surface area is 176 Å². The van der Waals surface area contributed by atoms with Crippen molar-refractivity contribution in [1.29, 1.82) is 0 Å². The summed E-state index contributed by atoms with van der Waals surface area (Å²) >= 11 is 0. The van der Waals surface area contributed by atoms with Crippen LogP contribution in [0.5, 0.6) is 5.75 Å². The third-order valence-corrected chi connectivity index (χ3v) is 5.29. The highest BCUT2D eigenvalue weighted by Gasteiger charge is 2.15. The maximum Gasteiger partial charge on any atom is 0.253 e. The lowest BCUT2D eigenvalue weighted by molar-refractivity contribution is 0.0940. The van der Waals surface area contributed by atoms with Crippen LogP contribution < -0.4 is 10.6 Å². The molecule has 3 N–H and O–H groups in total. The zero-order valence-corrected chi connectivity index (χ0v) is 16.8. The van der Waals surface area contributed by atoms with Crippen molar-refractivity contribution < 1.29 is 9.90 Å². The molecule has 1 atom stereocenters. The maximum atomic E-state index is 12.9. The molecular weight excluding hydrogens is 372 g/mol. The predicted molar refractivity (Wildman–Crippen MR) is 122 cm³/mol. The minimum atomic E-state index is -0.142. The second kappa shape index (κ2) is 8.70. The quantitative estimate of drug-likeness (QED) is 0.395. The standard InChI is InChI=1S/C26H24N2O2/c1-18(19-9-3-2-4-10-19)28-26(30)22-13-7-8-14-24(22)27-17-23-21-12-6-5-11-20(21)15-16-25(23)29/h2-16,18,27,29H,17H2,1H3,(H,28,30). The molecule has 0 saturated carbocycles. The Balaban J connectivity index is 1.54. The highest BCUT2D eigenvalue weighted by atomic mass is 16.3. The molecule has 4 rings (SSSR count). The van der Waals surface area contributed by atoms with Gasteiger partial charge in [-0.3, -0.25) is 4.79 Å². The van der Waals surface area contributed by atoms with Crippen LogP contribution in [-0.2, 0) is 6.54 Å². The van der Waals surface area contributed by atoms with Crippen molar-refractivity contribution in [2.45, 2.75) is 19.5 Å². The van der Waals surface area contributed by atoms with Gasteiger partial charge in [-0.15, -0.1) is 0 Å². The zero-order chi connectivity index (χ0) is 20.9. The number of aromatic hydroxyl groups is 1. The third-order valence-electron chi connectivity index (χ3n) is 5.29. The van der Waals surface area contributed by atoms with Crippen LogP contribution in [0.25, 0.3) is 10.8 Å². The largest absolute Gasteiger partial charge is 0.508 e. The van der Waals surface area contributed by atoms with Crippen LogP contribution in [0.1, 0.15) is 34.5 Å². The molecule has 4 nitrogen and oxygen atoms in total. The molecule has 0 saturated heterocycles. The summed E-state index contributed by atoms with van der Waals surface area (Å²) in [5, 5.41) is 18.8. The van der Waals surface area contributed by atoms with Gasteiger partial charge in [0.15, 0.2) is 0 Å². The molecule has 0 aliphatic heterocycles. The van der Waals surface area contributed by atoms with E-state index in [2.05, 4.69) is 10.6 Å². The molecule has 150 valence electrons. The number of nitrogens with one attached hydrogen (secondary N) is 2. The van der Waals surface area contributed by atoms with Crippen LogP contribution in [0.3, 0.4) is 0 Å². The lowest BCUT2D eigenvalue weighted by Crippen LogP contribution is -2.27. The first kappa shape index (κ1) is 19.5. The topological polar surface area (TPSA) is 61.4 Å². The Morgan fingerprint density at radius 2 is 1.57 bits per heavy atom. The van der Waals surface area contributed by atoms with E-state index in [9.17, 15) is 9.90 Å². The van der Waals surface area contributed by atoms with Crippen molar-refractivity contribution in [2.75, 3.05) is 5.32 Å². The number of carbonyl (C=O) groups is 1. The van der Waals surface area contributed by atoms with Crippen LogP contribution in [0.2, 0.25) is 0 Å². The van der Waals surface area contributed by atoms with Gasteiger partial charge in [0.2, 0.25) is 0 Å². The first-order valence-corrected chi connectivity index (χ1v) is 10.0. The number of hydrogen-bond donors (Lipinski definition) is 3. The van der Waals surface area contributed by atoms with Gasteiger partial charge in [-0.2, -0.15) is 0 Å². The minimum absolute atomic E-state index is 0.103. The molecule has 0 bridgehead atoms. The normalized spacial score (nSPS) is 11.8. The van der Waals surface area contributed by atoms with Crippen LogP contribution in [-0.4, -0.2) is 11.0 Å². The Bertz CT molecular complexity index is 1170. The number of hydrogen-bond acceptors (Lipinski definition) is 3. The second-order valence-electron chi connectivity index (χ2n) is 7.29. The molecule has 4 heteroatoms. The van der Waals surface area contributed by atoms with Gasteiger partial charge >= 0.3 is 0 Å². The molecule has 4 aromatic rings. The summed E-state index contributed by atoms with van der Waals surface area (Å²) in [5.74, 6) is 0.0948. The van der Waals surface area contributed by atoms with Gasteiger partial charge < -0.3 is 15.7 Å². The van der Waals surface area contributed by atoms with E-state index in [0.717, 1.165) is 27.6 Å². The summed E-state index contributed by atoms with van der Waals surface area (Å²) in [6, 6.07) is 28.8. The first-order chi connectivity index (χ1) is 14.6. The summed E-state index contributed by atoms with van der Waals surface area (Å²) < 4.78 is 0. The van der Waals surface area contributed by atoms with E-state index in [1.54, 1.807) is 12.1 Å². The highest BCUT2D eigenvalue weighted by molar-refractivity contribution is 6.00. The van der Waals surface area contributed by atoms with Gasteiger partial charge in [0.25, 0.3) is 5.91 Å². The average molecular weight is 396 g/mol. The number of phenolic OH excluding ortho intramolecular Hbond substituents is 1. The lowest BCUT2D eigenvalue weighted by Gasteiger charge is -2.17. The molecule has 0 aliphatic rings. The number of carbonyl (C=O) groups excluding carboxylic acids is 1. The molecule has 30 heavy (non-hydrogen) atoms. The predicted octanol–water partition coefficient (Wildman–Crippen LogP) is 5.65. The molecule has 0 fully saturated rings. The van der Waals surface area contributed by atoms with Gasteiger partial charge in [-0.25, -0.2) is 0 Å². The smallest absolute Gasteiger partial charge is 0.253 e.